The van der Waals surface area contributed by atoms with Crippen LogP contribution in [0.5, 0.6) is 0 Å². The van der Waals surface area contributed by atoms with Gasteiger partial charge in [0, 0.05) is 31.7 Å². The van der Waals surface area contributed by atoms with Crippen LogP contribution < -0.4 is 5.32 Å². The number of nitrogens with zero attached hydrogens (tertiary/aromatic N) is 3. The molecule has 0 aromatic heterocycles. The zero-order valence-electron chi connectivity index (χ0n) is 14.2. The van der Waals surface area contributed by atoms with Crippen molar-refractivity contribution in [3.63, 3.8) is 0 Å². The lowest BCUT2D eigenvalue weighted by Gasteiger charge is -2.59. The van der Waals surface area contributed by atoms with Crippen molar-refractivity contribution in [1.82, 2.24) is 20.2 Å². The predicted octanol–water partition coefficient (Wildman–Crippen LogP) is 0.559. The average molecular weight is 334 g/mol. The second kappa shape index (κ2) is 5.08. The summed E-state index contributed by atoms with van der Waals surface area (Å²) in [6.07, 6.45) is 6.53. The Kier molecular flexibility index (Phi) is 3.17. The van der Waals surface area contributed by atoms with Gasteiger partial charge >= 0.3 is 6.03 Å². The van der Waals surface area contributed by atoms with Gasteiger partial charge in [-0.25, -0.2) is 4.79 Å². The van der Waals surface area contributed by atoms with Crippen LogP contribution in [0.25, 0.3) is 0 Å². The number of hydrogen-bond acceptors (Lipinski definition) is 4. The molecule has 0 aromatic rings. The molecule has 3 amide bonds. The Morgan fingerprint density at radius 3 is 2.54 bits per heavy atom. The van der Waals surface area contributed by atoms with Crippen molar-refractivity contribution < 1.29 is 14.4 Å². The summed E-state index contributed by atoms with van der Waals surface area (Å²) in [5.41, 5.74) is 0.481. The summed E-state index contributed by atoms with van der Waals surface area (Å²) in [4.78, 5) is 34.4. The van der Waals surface area contributed by atoms with Crippen LogP contribution in [-0.2, 0) is 9.63 Å². The van der Waals surface area contributed by atoms with E-state index in [1.807, 2.05) is 0 Å². The van der Waals surface area contributed by atoms with Gasteiger partial charge in [-0.2, -0.15) is 5.06 Å². The molecule has 7 nitrogen and oxygen atoms in total. The average Bonchev–Trinajstić information content (AvgIpc) is 3.29. The molecule has 0 radical (unpaired) electrons. The van der Waals surface area contributed by atoms with E-state index >= 15 is 0 Å². The Morgan fingerprint density at radius 2 is 1.88 bits per heavy atom. The lowest BCUT2D eigenvalue weighted by Crippen LogP contribution is -2.67. The van der Waals surface area contributed by atoms with E-state index in [2.05, 4.69) is 10.2 Å². The zero-order valence-corrected chi connectivity index (χ0v) is 14.2. The van der Waals surface area contributed by atoms with Crippen molar-refractivity contribution >= 4 is 11.9 Å². The van der Waals surface area contributed by atoms with Gasteiger partial charge < -0.3 is 10.2 Å². The Hall–Kier alpha value is -1.34. The lowest BCUT2D eigenvalue weighted by atomic mass is 9.60. The van der Waals surface area contributed by atoms with Gasteiger partial charge in [-0.1, -0.05) is 0 Å². The van der Waals surface area contributed by atoms with Crippen molar-refractivity contribution in [2.45, 2.75) is 62.7 Å². The normalized spacial score (nSPS) is 35.1. The summed E-state index contributed by atoms with van der Waals surface area (Å²) in [5, 5.41) is 4.62. The Labute approximate surface area is 142 Å². The van der Waals surface area contributed by atoms with Crippen molar-refractivity contribution in [1.29, 1.82) is 0 Å². The third-order valence-electron chi connectivity index (χ3n) is 6.67. The van der Waals surface area contributed by atoms with Gasteiger partial charge in [0.2, 0.25) is 5.91 Å². The van der Waals surface area contributed by atoms with Gasteiger partial charge in [0.15, 0.2) is 0 Å². The minimum absolute atomic E-state index is 0.0259. The quantitative estimate of drug-likeness (QED) is 0.816. The summed E-state index contributed by atoms with van der Waals surface area (Å²) in [7, 11) is 1.52. The summed E-state index contributed by atoms with van der Waals surface area (Å²) in [5.74, 6) is 0.0259. The molecular formula is C17H26N4O3. The molecular weight excluding hydrogens is 308 g/mol. The van der Waals surface area contributed by atoms with E-state index in [9.17, 15) is 9.59 Å². The third-order valence-corrected chi connectivity index (χ3v) is 6.67. The molecule has 2 atom stereocenters. The van der Waals surface area contributed by atoms with Gasteiger partial charge in [-0.3, -0.25) is 14.5 Å². The minimum atomic E-state index is -0.324. The summed E-state index contributed by atoms with van der Waals surface area (Å²) >= 11 is 0. The number of urea groups is 1. The van der Waals surface area contributed by atoms with E-state index < -0.39 is 0 Å². The van der Waals surface area contributed by atoms with Crippen LogP contribution >= 0.6 is 0 Å². The molecule has 2 saturated carbocycles. The first-order chi connectivity index (χ1) is 11.6. The fraction of sp³-hybridized carbons (Fsp3) is 0.882. The highest BCUT2D eigenvalue weighted by Crippen LogP contribution is 2.51. The molecule has 0 aromatic carbocycles. The van der Waals surface area contributed by atoms with Crippen LogP contribution in [0, 0.1) is 5.41 Å². The number of hydrogen-bond donors (Lipinski definition) is 1. The van der Waals surface area contributed by atoms with E-state index in [1.54, 1.807) is 4.90 Å². The number of nitrogens with one attached hydrogen (secondary N) is 1. The fourth-order valence-corrected chi connectivity index (χ4v) is 5.29. The molecule has 7 heteroatoms. The standard InChI is InChI=1S/C17H26N4O3/c1-24-21-13-4-5-14(20(8-13)16(21)23)15(22)18-11-6-17(7-11)9-19(10-17)12-2-3-12/h11-14H,2-10H2,1H3,(H,18,22)/t13-,14+/m1/s1. The topological polar surface area (TPSA) is 65.1 Å². The van der Waals surface area contributed by atoms with Gasteiger partial charge in [-0.05, 0) is 43.9 Å². The van der Waals surface area contributed by atoms with E-state index in [0.717, 1.165) is 31.7 Å². The van der Waals surface area contributed by atoms with E-state index in [4.69, 9.17) is 4.84 Å². The van der Waals surface area contributed by atoms with Crippen LogP contribution in [0.1, 0.15) is 38.5 Å². The number of carbonyl (C=O) groups is 2. The number of piperidine rings is 1. The number of rotatable bonds is 4. The molecule has 0 unspecified atom stereocenters. The van der Waals surface area contributed by atoms with Crippen LogP contribution in [0.3, 0.4) is 0 Å². The Bertz CT molecular complexity index is 564. The second-order valence-corrected chi connectivity index (χ2v) is 8.44. The van der Waals surface area contributed by atoms with Crippen LogP contribution in [0.2, 0.25) is 0 Å². The Balaban J connectivity index is 1.14. The van der Waals surface area contributed by atoms with Gasteiger partial charge in [0.1, 0.15) is 6.04 Å². The molecule has 132 valence electrons. The SMILES string of the molecule is CON1C(=O)N2C[C@H]1CC[C@H]2C(=O)NC1CC2(C1)CN(C1CC1)C2. The number of amides is 3. The summed E-state index contributed by atoms with van der Waals surface area (Å²) < 4.78 is 0. The summed E-state index contributed by atoms with van der Waals surface area (Å²) in [6.45, 7) is 3.06. The van der Waals surface area contributed by atoms with Crippen molar-refractivity contribution in [2.75, 3.05) is 26.7 Å². The van der Waals surface area contributed by atoms with Gasteiger partial charge in [0.05, 0.1) is 13.2 Å². The van der Waals surface area contributed by atoms with Gasteiger partial charge in [-0.15, -0.1) is 0 Å². The van der Waals surface area contributed by atoms with E-state index in [0.29, 0.717) is 18.0 Å². The number of likely N-dealkylation sites (tertiary alicyclic amines) is 1. The number of carbonyl (C=O) groups excluding carboxylic acids is 2. The molecule has 5 rings (SSSR count). The van der Waals surface area contributed by atoms with Gasteiger partial charge in [0.25, 0.3) is 0 Å². The van der Waals surface area contributed by atoms with Crippen molar-refractivity contribution in [2.24, 2.45) is 5.41 Å². The van der Waals surface area contributed by atoms with Crippen LogP contribution in [0.15, 0.2) is 0 Å². The maximum absolute atomic E-state index is 12.7. The summed E-state index contributed by atoms with van der Waals surface area (Å²) in [6, 6.07) is 0.776. The minimum Gasteiger partial charge on any atom is -0.352 e. The molecule has 3 aliphatic heterocycles. The molecule has 5 fully saturated rings. The van der Waals surface area contributed by atoms with Crippen LogP contribution in [0.4, 0.5) is 4.79 Å². The van der Waals surface area contributed by atoms with E-state index in [-0.39, 0.29) is 24.0 Å². The first-order valence-corrected chi connectivity index (χ1v) is 9.27. The Morgan fingerprint density at radius 1 is 1.17 bits per heavy atom. The highest BCUT2D eigenvalue weighted by Gasteiger charge is 2.56. The second-order valence-electron chi connectivity index (χ2n) is 8.44. The lowest BCUT2D eigenvalue weighted by molar-refractivity contribution is -0.132. The fourth-order valence-electron chi connectivity index (χ4n) is 5.29. The molecule has 24 heavy (non-hydrogen) atoms. The zero-order chi connectivity index (χ0) is 16.5. The molecule has 3 heterocycles. The number of hydroxylamine groups is 2. The largest absolute Gasteiger partial charge is 0.352 e. The van der Waals surface area contributed by atoms with E-state index in [1.165, 1.54) is 38.1 Å². The highest BCUT2D eigenvalue weighted by atomic mass is 16.7. The molecule has 3 saturated heterocycles. The molecule has 2 aliphatic carbocycles. The molecule has 1 N–H and O–H groups in total. The number of fused-ring (bicyclic) bond motifs is 2. The monoisotopic (exact) mass is 334 g/mol. The third kappa shape index (κ3) is 2.17. The molecule has 2 bridgehead atoms. The predicted molar refractivity (Wildman–Crippen MR) is 86.0 cm³/mol. The smallest absolute Gasteiger partial charge is 0.345 e. The molecule has 5 aliphatic rings. The first-order valence-electron chi connectivity index (χ1n) is 9.27. The van der Waals surface area contributed by atoms with Crippen LogP contribution in [-0.4, -0.2) is 77.7 Å². The first kappa shape index (κ1) is 15.0. The van der Waals surface area contributed by atoms with Crippen molar-refractivity contribution in [3.05, 3.63) is 0 Å². The maximum Gasteiger partial charge on any atom is 0.345 e. The maximum atomic E-state index is 12.7. The highest BCUT2D eigenvalue weighted by molar-refractivity contribution is 5.88. The van der Waals surface area contributed by atoms with Crippen molar-refractivity contribution in [3.8, 4) is 0 Å². The molecule has 1 spiro atoms.